The Kier molecular flexibility index (Phi) is 5.69. The van der Waals surface area contributed by atoms with E-state index in [1.807, 2.05) is 31.0 Å². The summed E-state index contributed by atoms with van der Waals surface area (Å²) in [5.41, 5.74) is 2.28. The summed E-state index contributed by atoms with van der Waals surface area (Å²) >= 11 is 0. The van der Waals surface area contributed by atoms with Crippen LogP contribution in [-0.4, -0.2) is 24.2 Å². The van der Waals surface area contributed by atoms with Gasteiger partial charge in [0.2, 0.25) is 0 Å². The Bertz CT molecular complexity index is 373. The number of carbonyl (C=O) groups is 1. The lowest BCUT2D eigenvalue weighted by atomic mass is 10.1. The van der Waals surface area contributed by atoms with Gasteiger partial charge in [-0.3, -0.25) is 0 Å². The number of hydrogen-bond donors (Lipinski definition) is 1. The molecule has 3 nitrogen and oxygen atoms in total. The van der Waals surface area contributed by atoms with Crippen LogP contribution in [0.2, 0.25) is 0 Å². The fraction of sp³-hybridized carbons (Fsp3) is 0.533. The van der Waals surface area contributed by atoms with Crippen molar-refractivity contribution in [1.29, 1.82) is 0 Å². The normalized spacial score (nSPS) is 12.2. The van der Waals surface area contributed by atoms with Crippen LogP contribution in [0.15, 0.2) is 24.3 Å². The molecule has 0 spiro atoms. The Morgan fingerprint density at radius 2 is 1.89 bits per heavy atom. The molecule has 0 bridgehead atoms. The molecule has 0 fully saturated rings. The molecule has 0 aliphatic carbocycles. The second-order valence-electron chi connectivity index (χ2n) is 4.64. The van der Waals surface area contributed by atoms with Gasteiger partial charge in [-0.15, -0.1) is 0 Å². The third-order valence-electron chi connectivity index (χ3n) is 3.30. The number of aryl methyl sites for hydroxylation is 1. The summed E-state index contributed by atoms with van der Waals surface area (Å²) in [5.74, 6) is -0.768. The first-order valence-electron chi connectivity index (χ1n) is 6.64. The maximum atomic E-state index is 11.1. The largest absolute Gasteiger partial charge is 0.480 e. The quantitative estimate of drug-likeness (QED) is 0.805. The minimum Gasteiger partial charge on any atom is -0.480 e. The second kappa shape index (κ2) is 7.04. The number of nitrogens with zero attached hydrogens (tertiary/aromatic N) is 1. The molecule has 1 unspecified atom stereocenters. The number of carboxylic acid groups (broad SMARTS) is 1. The Morgan fingerprint density at radius 1 is 1.28 bits per heavy atom. The van der Waals surface area contributed by atoms with Gasteiger partial charge in [-0.2, -0.15) is 0 Å². The van der Waals surface area contributed by atoms with Crippen LogP contribution in [0.5, 0.6) is 0 Å². The predicted octanol–water partition coefficient (Wildman–Crippen LogP) is 3.33. The topological polar surface area (TPSA) is 40.5 Å². The smallest absolute Gasteiger partial charge is 0.326 e. The lowest BCUT2D eigenvalue weighted by molar-refractivity contribution is -0.138. The summed E-state index contributed by atoms with van der Waals surface area (Å²) in [5, 5.41) is 9.13. The van der Waals surface area contributed by atoms with Gasteiger partial charge in [0.1, 0.15) is 6.04 Å². The Labute approximate surface area is 109 Å². The zero-order valence-corrected chi connectivity index (χ0v) is 11.5. The lowest BCUT2D eigenvalue weighted by Gasteiger charge is -2.26. The van der Waals surface area contributed by atoms with Gasteiger partial charge in [0.05, 0.1) is 0 Å². The van der Waals surface area contributed by atoms with Crippen molar-refractivity contribution in [2.45, 2.75) is 45.6 Å². The first kappa shape index (κ1) is 14.6. The van der Waals surface area contributed by atoms with Crippen molar-refractivity contribution in [2.24, 2.45) is 0 Å². The van der Waals surface area contributed by atoms with Crippen LogP contribution >= 0.6 is 0 Å². The number of unbranched alkanes of at least 4 members (excludes halogenated alkanes) is 1. The van der Waals surface area contributed by atoms with Crippen LogP contribution in [0, 0.1) is 0 Å². The number of likely N-dealkylation sites (N-methyl/N-ethyl adjacent to an activating group) is 1. The number of rotatable bonds is 7. The molecule has 1 aromatic carbocycles. The summed E-state index contributed by atoms with van der Waals surface area (Å²) in [6.45, 7) is 4.08. The number of aliphatic carboxylic acids is 1. The second-order valence-corrected chi connectivity index (χ2v) is 4.64. The summed E-state index contributed by atoms with van der Waals surface area (Å²) in [4.78, 5) is 12.9. The first-order chi connectivity index (χ1) is 8.60. The highest BCUT2D eigenvalue weighted by molar-refractivity contribution is 5.77. The zero-order chi connectivity index (χ0) is 13.5. The Morgan fingerprint density at radius 3 is 2.33 bits per heavy atom. The van der Waals surface area contributed by atoms with E-state index in [4.69, 9.17) is 5.11 Å². The van der Waals surface area contributed by atoms with Gasteiger partial charge >= 0.3 is 5.97 Å². The monoisotopic (exact) mass is 249 g/mol. The molecule has 0 heterocycles. The average molecular weight is 249 g/mol. The van der Waals surface area contributed by atoms with Crippen LogP contribution < -0.4 is 4.90 Å². The molecule has 1 N–H and O–H groups in total. The third-order valence-corrected chi connectivity index (χ3v) is 3.30. The van der Waals surface area contributed by atoms with Crippen LogP contribution in [0.1, 0.15) is 38.7 Å². The van der Waals surface area contributed by atoms with E-state index >= 15 is 0 Å². The van der Waals surface area contributed by atoms with Crippen molar-refractivity contribution in [1.82, 2.24) is 0 Å². The van der Waals surface area contributed by atoms with Gasteiger partial charge in [-0.05, 0) is 37.0 Å². The van der Waals surface area contributed by atoms with E-state index in [-0.39, 0.29) is 0 Å². The summed E-state index contributed by atoms with van der Waals surface area (Å²) in [6.07, 6.45) is 4.08. The van der Waals surface area contributed by atoms with Crippen molar-refractivity contribution in [3.05, 3.63) is 29.8 Å². The standard InChI is InChI=1S/C15H23NO2/c1-4-6-7-12-8-10-13(11-9-12)16(3)14(5-2)15(17)18/h8-11,14H,4-7H2,1-3H3,(H,17,18). The summed E-state index contributed by atoms with van der Waals surface area (Å²) in [7, 11) is 1.84. The van der Waals surface area contributed by atoms with Gasteiger partial charge in [0, 0.05) is 12.7 Å². The predicted molar refractivity (Wildman–Crippen MR) is 75.2 cm³/mol. The summed E-state index contributed by atoms with van der Waals surface area (Å²) in [6, 6.07) is 7.76. The van der Waals surface area contributed by atoms with Gasteiger partial charge in [-0.1, -0.05) is 32.4 Å². The molecule has 1 aromatic rings. The molecule has 0 radical (unpaired) electrons. The van der Waals surface area contributed by atoms with E-state index in [0.717, 1.165) is 12.1 Å². The number of benzene rings is 1. The molecule has 0 aliphatic rings. The van der Waals surface area contributed by atoms with E-state index in [1.165, 1.54) is 18.4 Å². The minimum absolute atomic E-state index is 0.452. The number of carboxylic acids is 1. The van der Waals surface area contributed by atoms with Gasteiger partial charge in [0.15, 0.2) is 0 Å². The third kappa shape index (κ3) is 3.76. The molecule has 0 saturated heterocycles. The Balaban J connectivity index is 2.74. The molecule has 0 aromatic heterocycles. The van der Waals surface area contributed by atoms with Gasteiger partial charge in [-0.25, -0.2) is 4.79 Å². The zero-order valence-electron chi connectivity index (χ0n) is 11.5. The highest BCUT2D eigenvalue weighted by Gasteiger charge is 2.20. The van der Waals surface area contributed by atoms with Gasteiger partial charge < -0.3 is 10.0 Å². The molecule has 0 aliphatic heterocycles. The van der Waals surface area contributed by atoms with Crippen molar-refractivity contribution in [3.63, 3.8) is 0 Å². The van der Waals surface area contributed by atoms with E-state index in [9.17, 15) is 4.79 Å². The maximum absolute atomic E-state index is 11.1. The molecule has 1 rings (SSSR count). The fourth-order valence-electron chi connectivity index (χ4n) is 2.07. The highest BCUT2D eigenvalue weighted by atomic mass is 16.4. The Hall–Kier alpha value is -1.51. The molecular weight excluding hydrogens is 226 g/mol. The first-order valence-corrected chi connectivity index (χ1v) is 6.64. The minimum atomic E-state index is -0.768. The summed E-state index contributed by atoms with van der Waals surface area (Å²) < 4.78 is 0. The SMILES string of the molecule is CCCCc1ccc(N(C)C(CC)C(=O)O)cc1. The van der Waals surface area contributed by atoms with E-state index in [0.29, 0.717) is 6.42 Å². The number of anilines is 1. The van der Waals surface area contributed by atoms with Crippen molar-refractivity contribution in [3.8, 4) is 0 Å². The molecule has 18 heavy (non-hydrogen) atoms. The van der Waals surface area contributed by atoms with Gasteiger partial charge in [0.25, 0.3) is 0 Å². The maximum Gasteiger partial charge on any atom is 0.326 e. The molecule has 0 saturated carbocycles. The number of hydrogen-bond acceptors (Lipinski definition) is 2. The molecule has 1 atom stereocenters. The molecule has 3 heteroatoms. The average Bonchev–Trinajstić information content (AvgIpc) is 2.37. The van der Waals surface area contributed by atoms with Crippen LogP contribution in [0.4, 0.5) is 5.69 Å². The van der Waals surface area contributed by atoms with Crippen LogP contribution in [-0.2, 0) is 11.2 Å². The van der Waals surface area contributed by atoms with E-state index in [2.05, 4.69) is 19.1 Å². The molecule has 0 amide bonds. The molecular formula is C15H23NO2. The van der Waals surface area contributed by atoms with E-state index in [1.54, 1.807) is 0 Å². The fourth-order valence-corrected chi connectivity index (χ4v) is 2.07. The van der Waals surface area contributed by atoms with Crippen molar-refractivity contribution in [2.75, 3.05) is 11.9 Å². The highest BCUT2D eigenvalue weighted by Crippen LogP contribution is 2.18. The van der Waals surface area contributed by atoms with Crippen LogP contribution in [0.25, 0.3) is 0 Å². The van der Waals surface area contributed by atoms with Crippen molar-refractivity contribution < 1.29 is 9.90 Å². The lowest BCUT2D eigenvalue weighted by Crippen LogP contribution is -2.37. The molecule has 100 valence electrons. The van der Waals surface area contributed by atoms with E-state index < -0.39 is 12.0 Å². The van der Waals surface area contributed by atoms with Crippen LogP contribution in [0.3, 0.4) is 0 Å². The van der Waals surface area contributed by atoms with Crippen molar-refractivity contribution >= 4 is 11.7 Å².